The minimum Gasteiger partial charge on any atom is -0.360 e. The summed E-state index contributed by atoms with van der Waals surface area (Å²) in [5.41, 5.74) is -0.0249. The predicted molar refractivity (Wildman–Crippen MR) is 69.1 cm³/mol. The third kappa shape index (κ3) is 2.40. The molecular formula is C11H13N5O2. The summed E-state index contributed by atoms with van der Waals surface area (Å²) in [5.74, 6) is 0.339. The van der Waals surface area contributed by atoms with Gasteiger partial charge in [0.2, 0.25) is 0 Å². The van der Waals surface area contributed by atoms with Gasteiger partial charge in [-0.15, -0.1) is 0 Å². The van der Waals surface area contributed by atoms with E-state index in [4.69, 9.17) is 0 Å². The second kappa shape index (κ2) is 4.74. The first kappa shape index (κ1) is 11.9. The Bertz CT molecular complexity index is 634. The summed E-state index contributed by atoms with van der Waals surface area (Å²) in [5, 5.41) is 5.53. The molecule has 0 aliphatic rings. The topological polar surface area (TPSA) is 86.2 Å². The zero-order valence-electron chi connectivity index (χ0n) is 10.0. The summed E-state index contributed by atoms with van der Waals surface area (Å²) < 4.78 is 0.992. The number of hydrazone groups is 1. The normalized spacial score (nSPS) is 11.0. The molecule has 2 N–H and O–H groups in total. The minimum absolute atomic E-state index is 0.339. The summed E-state index contributed by atoms with van der Waals surface area (Å²) in [7, 11) is 3.05. The SMILES string of the molecule is CN(/N=C/c1ccc[nH]1)c1cc(=O)n(C)c(=O)[nH]1. The van der Waals surface area contributed by atoms with Crippen LogP contribution in [-0.4, -0.2) is 27.8 Å². The van der Waals surface area contributed by atoms with E-state index in [1.807, 2.05) is 12.1 Å². The lowest BCUT2D eigenvalue weighted by Crippen LogP contribution is -2.33. The van der Waals surface area contributed by atoms with Crippen LogP contribution in [0.1, 0.15) is 5.69 Å². The van der Waals surface area contributed by atoms with Gasteiger partial charge in [0.25, 0.3) is 5.56 Å². The Morgan fingerprint density at radius 2 is 2.22 bits per heavy atom. The Balaban J connectivity index is 2.27. The van der Waals surface area contributed by atoms with Gasteiger partial charge in [0.05, 0.1) is 11.9 Å². The molecule has 0 fully saturated rings. The van der Waals surface area contributed by atoms with Gasteiger partial charge >= 0.3 is 5.69 Å². The fraction of sp³-hybridized carbons (Fsp3) is 0.182. The highest BCUT2D eigenvalue weighted by atomic mass is 16.2. The Morgan fingerprint density at radius 3 is 2.83 bits per heavy atom. The summed E-state index contributed by atoms with van der Waals surface area (Å²) in [4.78, 5) is 28.4. The van der Waals surface area contributed by atoms with Crippen LogP contribution >= 0.6 is 0 Å². The minimum atomic E-state index is -0.473. The highest BCUT2D eigenvalue weighted by Crippen LogP contribution is 2.02. The first-order valence-electron chi connectivity index (χ1n) is 5.29. The van der Waals surface area contributed by atoms with Crippen LogP contribution in [0.2, 0.25) is 0 Å². The number of aromatic nitrogens is 3. The van der Waals surface area contributed by atoms with E-state index in [1.165, 1.54) is 18.1 Å². The molecule has 94 valence electrons. The standard InChI is InChI=1S/C11H13N5O2/c1-15-10(17)6-9(14-11(15)18)16(2)13-7-8-4-3-5-12-8/h3-7,12H,1-2H3,(H,14,18)/b13-7+. The number of rotatable bonds is 3. The highest BCUT2D eigenvalue weighted by Gasteiger charge is 2.03. The maximum absolute atomic E-state index is 11.5. The van der Waals surface area contributed by atoms with Gasteiger partial charge in [-0.25, -0.2) is 4.79 Å². The number of hydrogen-bond donors (Lipinski definition) is 2. The summed E-state index contributed by atoms with van der Waals surface area (Å²) in [6, 6.07) is 5.01. The van der Waals surface area contributed by atoms with E-state index in [9.17, 15) is 9.59 Å². The maximum Gasteiger partial charge on any atom is 0.329 e. The van der Waals surface area contributed by atoms with Crippen molar-refractivity contribution in [2.45, 2.75) is 0 Å². The van der Waals surface area contributed by atoms with Crippen LogP contribution < -0.4 is 16.3 Å². The van der Waals surface area contributed by atoms with E-state index in [-0.39, 0.29) is 5.56 Å². The van der Waals surface area contributed by atoms with E-state index < -0.39 is 5.69 Å². The molecule has 0 unspecified atom stereocenters. The Hall–Kier alpha value is -2.57. The van der Waals surface area contributed by atoms with Gasteiger partial charge in [0.15, 0.2) is 0 Å². The summed E-state index contributed by atoms with van der Waals surface area (Å²) in [6.45, 7) is 0. The summed E-state index contributed by atoms with van der Waals surface area (Å²) >= 11 is 0. The molecule has 2 heterocycles. The van der Waals surface area contributed by atoms with Crippen molar-refractivity contribution in [2.75, 3.05) is 12.1 Å². The van der Waals surface area contributed by atoms with Crippen molar-refractivity contribution in [3.05, 3.63) is 50.9 Å². The van der Waals surface area contributed by atoms with Gasteiger partial charge in [-0.05, 0) is 12.1 Å². The van der Waals surface area contributed by atoms with Crippen LogP contribution in [0.4, 0.5) is 5.82 Å². The summed E-state index contributed by atoms with van der Waals surface area (Å²) in [6.07, 6.45) is 3.37. The van der Waals surface area contributed by atoms with Crippen molar-refractivity contribution >= 4 is 12.0 Å². The van der Waals surface area contributed by atoms with Crippen LogP contribution in [-0.2, 0) is 7.05 Å². The molecule has 0 amide bonds. The number of aromatic amines is 2. The number of anilines is 1. The Morgan fingerprint density at radius 1 is 1.44 bits per heavy atom. The molecule has 0 radical (unpaired) electrons. The second-order valence-electron chi connectivity index (χ2n) is 3.75. The molecular weight excluding hydrogens is 234 g/mol. The van der Waals surface area contributed by atoms with E-state index in [0.29, 0.717) is 5.82 Å². The lowest BCUT2D eigenvalue weighted by atomic mass is 10.5. The van der Waals surface area contributed by atoms with E-state index >= 15 is 0 Å². The van der Waals surface area contributed by atoms with E-state index in [0.717, 1.165) is 10.3 Å². The fourth-order valence-corrected chi connectivity index (χ4v) is 1.35. The smallest absolute Gasteiger partial charge is 0.329 e. The quantitative estimate of drug-likeness (QED) is 0.585. The first-order chi connectivity index (χ1) is 8.58. The molecule has 2 aromatic rings. The van der Waals surface area contributed by atoms with Crippen LogP contribution in [0.15, 0.2) is 39.1 Å². The average Bonchev–Trinajstić information content (AvgIpc) is 2.85. The second-order valence-corrected chi connectivity index (χ2v) is 3.75. The Kier molecular flexibility index (Phi) is 3.13. The van der Waals surface area contributed by atoms with Gasteiger partial charge in [-0.3, -0.25) is 19.4 Å². The molecule has 2 rings (SSSR count). The Labute approximate surface area is 102 Å². The van der Waals surface area contributed by atoms with Crippen molar-refractivity contribution in [1.29, 1.82) is 0 Å². The number of nitrogens with one attached hydrogen (secondary N) is 2. The van der Waals surface area contributed by atoms with E-state index in [2.05, 4.69) is 15.1 Å². The molecule has 7 heteroatoms. The predicted octanol–water partition coefficient (Wildman–Crippen LogP) is -0.128. The zero-order valence-corrected chi connectivity index (χ0v) is 10.0. The van der Waals surface area contributed by atoms with Gasteiger partial charge in [-0.2, -0.15) is 5.10 Å². The fourth-order valence-electron chi connectivity index (χ4n) is 1.35. The monoisotopic (exact) mass is 247 g/mol. The van der Waals surface area contributed by atoms with Crippen molar-refractivity contribution in [3.8, 4) is 0 Å². The molecule has 0 atom stereocenters. The number of hydrogen-bond acceptors (Lipinski definition) is 4. The first-order valence-corrected chi connectivity index (χ1v) is 5.29. The van der Waals surface area contributed by atoms with Gasteiger partial charge < -0.3 is 4.98 Å². The van der Waals surface area contributed by atoms with Crippen LogP contribution in [0.25, 0.3) is 0 Å². The largest absolute Gasteiger partial charge is 0.360 e. The molecule has 7 nitrogen and oxygen atoms in total. The van der Waals surface area contributed by atoms with Crippen molar-refractivity contribution in [2.24, 2.45) is 12.1 Å². The molecule has 0 aliphatic carbocycles. The number of nitrogens with zero attached hydrogens (tertiary/aromatic N) is 3. The van der Waals surface area contributed by atoms with Gasteiger partial charge in [0, 0.05) is 26.4 Å². The van der Waals surface area contributed by atoms with Crippen LogP contribution in [0.5, 0.6) is 0 Å². The maximum atomic E-state index is 11.5. The van der Waals surface area contributed by atoms with Gasteiger partial charge in [0.1, 0.15) is 5.82 Å². The molecule has 0 saturated carbocycles. The van der Waals surface area contributed by atoms with Crippen molar-refractivity contribution < 1.29 is 0 Å². The van der Waals surface area contributed by atoms with E-state index in [1.54, 1.807) is 19.5 Å². The molecule has 0 spiro atoms. The molecule has 0 bridgehead atoms. The lowest BCUT2D eigenvalue weighted by Gasteiger charge is -2.11. The number of H-pyrrole nitrogens is 2. The van der Waals surface area contributed by atoms with Crippen LogP contribution in [0.3, 0.4) is 0 Å². The average molecular weight is 247 g/mol. The molecule has 0 aromatic carbocycles. The molecule has 0 aliphatic heterocycles. The van der Waals surface area contributed by atoms with Crippen molar-refractivity contribution in [3.63, 3.8) is 0 Å². The molecule has 0 saturated heterocycles. The third-order valence-electron chi connectivity index (χ3n) is 2.47. The van der Waals surface area contributed by atoms with Crippen LogP contribution in [0, 0.1) is 0 Å². The van der Waals surface area contributed by atoms with Crippen molar-refractivity contribution in [1.82, 2.24) is 14.5 Å². The lowest BCUT2D eigenvalue weighted by molar-refractivity contribution is 0.766. The molecule has 2 aromatic heterocycles. The molecule has 18 heavy (non-hydrogen) atoms. The highest BCUT2D eigenvalue weighted by molar-refractivity contribution is 5.77. The zero-order chi connectivity index (χ0) is 13.1. The van der Waals surface area contributed by atoms with Gasteiger partial charge in [-0.1, -0.05) is 0 Å². The third-order valence-corrected chi connectivity index (χ3v) is 2.47.